The molecule has 0 saturated heterocycles. The van der Waals surface area contributed by atoms with Gasteiger partial charge in [0.1, 0.15) is 12.1 Å². The van der Waals surface area contributed by atoms with E-state index in [2.05, 4.69) is 22.2 Å². The molecule has 0 radical (unpaired) electrons. The Morgan fingerprint density at radius 3 is 2.65 bits per heavy atom. The van der Waals surface area contributed by atoms with E-state index >= 15 is 0 Å². The number of aromatic nitrogens is 2. The largest absolute Gasteiger partial charge is 0.489 e. The van der Waals surface area contributed by atoms with Gasteiger partial charge in [0, 0.05) is 6.54 Å². The van der Waals surface area contributed by atoms with Crippen molar-refractivity contribution in [2.24, 2.45) is 0 Å². The van der Waals surface area contributed by atoms with Crippen molar-refractivity contribution in [1.82, 2.24) is 9.97 Å². The Hall–Kier alpha value is -2.30. The van der Waals surface area contributed by atoms with Crippen molar-refractivity contribution in [3.63, 3.8) is 0 Å². The summed E-state index contributed by atoms with van der Waals surface area (Å²) in [5.41, 5.74) is 1.12. The second kappa shape index (κ2) is 6.75. The van der Waals surface area contributed by atoms with Gasteiger partial charge in [-0.2, -0.15) is 4.98 Å². The van der Waals surface area contributed by atoms with Crippen LogP contribution < -0.4 is 14.8 Å². The lowest BCUT2D eigenvalue weighted by atomic mass is 10.1. The minimum atomic E-state index is 0.416. The quantitative estimate of drug-likeness (QED) is 0.875. The third-order valence-corrected chi connectivity index (χ3v) is 2.88. The first kappa shape index (κ1) is 14.1. The molecule has 0 fully saturated rings. The zero-order valence-corrected chi connectivity index (χ0v) is 12.0. The van der Waals surface area contributed by atoms with Crippen molar-refractivity contribution in [3.05, 3.63) is 36.2 Å². The summed E-state index contributed by atoms with van der Waals surface area (Å²) in [7, 11) is 1.58. The number of benzene rings is 1. The Morgan fingerprint density at radius 2 is 1.95 bits per heavy atom. The molecule has 0 atom stereocenters. The third kappa shape index (κ3) is 2.99. The van der Waals surface area contributed by atoms with Crippen LogP contribution in [0.3, 0.4) is 0 Å². The number of rotatable bonds is 6. The molecule has 0 aliphatic heterocycles. The van der Waals surface area contributed by atoms with Crippen molar-refractivity contribution in [1.29, 1.82) is 0 Å². The SMILES string of the molecule is CCNc1ncnc(Oc2ccccc2CC)c1OC. The molecule has 106 valence electrons. The molecule has 2 aromatic rings. The van der Waals surface area contributed by atoms with E-state index in [-0.39, 0.29) is 0 Å². The molecule has 0 spiro atoms. The maximum Gasteiger partial charge on any atom is 0.268 e. The van der Waals surface area contributed by atoms with Gasteiger partial charge in [0.15, 0.2) is 5.82 Å². The van der Waals surface area contributed by atoms with E-state index < -0.39 is 0 Å². The predicted molar refractivity (Wildman–Crippen MR) is 78.6 cm³/mol. The number of nitrogens with one attached hydrogen (secondary N) is 1. The molecule has 0 amide bonds. The average molecular weight is 273 g/mol. The smallest absolute Gasteiger partial charge is 0.268 e. The zero-order chi connectivity index (χ0) is 14.4. The van der Waals surface area contributed by atoms with Crippen LogP contribution >= 0.6 is 0 Å². The number of ether oxygens (including phenoxy) is 2. The second-order valence-electron chi connectivity index (χ2n) is 4.15. The van der Waals surface area contributed by atoms with Gasteiger partial charge < -0.3 is 14.8 Å². The number of para-hydroxylation sites is 1. The zero-order valence-electron chi connectivity index (χ0n) is 12.0. The van der Waals surface area contributed by atoms with Crippen LogP contribution in [-0.2, 0) is 6.42 Å². The van der Waals surface area contributed by atoms with Gasteiger partial charge in [0.05, 0.1) is 7.11 Å². The second-order valence-corrected chi connectivity index (χ2v) is 4.15. The van der Waals surface area contributed by atoms with E-state index in [9.17, 15) is 0 Å². The van der Waals surface area contributed by atoms with Crippen molar-refractivity contribution < 1.29 is 9.47 Å². The van der Waals surface area contributed by atoms with Crippen molar-refractivity contribution in [2.75, 3.05) is 19.0 Å². The summed E-state index contributed by atoms with van der Waals surface area (Å²) in [6, 6.07) is 7.89. The molecule has 1 heterocycles. The van der Waals surface area contributed by atoms with Gasteiger partial charge in [-0.3, -0.25) is 0 Å². The Labute approximate surface area is 119 Å². The molecular weight excluding hydrogens is 254 g/mol. The molecule has 0 unspecified atom stereocenters. The molecular formula is C15H19N3O2. The van der Waals surface area contributed by atoms with Crippen molar-refractivity contribution in [3.8, 4) is 17.4 Å². The van der Waals surface area contributed by atoms with E-state index in [1.54, 1.807) is 7.11 Å². The topological polar surface area (TPSA) is 56.3 Å². The van der Waals surface area contributed by atoms with Crippen molar-refractivity contribution >= 4 is 5.82 Å². The average Bonchev–Trinajstić information content (AvgIpc) is 2.48. The molecule has 1 N–H and O–H groups in total. The van der Waals surface area contributed by atoms with Crippen LogP contribution in [0.1, 0.15) is 19.4 Å². The highest BCUT2D eigenvalue weighted by Crippen LogP contribution is 2.35. The molecule has 0 saturated carbocycles. The van der Waals surface area contributed by atoms with Gasteiger partial charge in [-0.1, -0.05) is 25.1 Å². The molecule has 0 aliphatic carbocycles. The van der Waals surface area contributed by atoms with E-state index in [1.807, 2.05) is 31.2 Å². The normalized spacial score (nSPS) is 10.2. The highest BCUT2D eigenvalue weighted by atomic mass is 16.5. The van der Waals surface area contributed by atoms with E-state index in [4.69, 9.17) is 9.47 Å². The van der Waals surface area contributed by atoms with Crippen LogP contribution in [0.2, 0.25) is 0 Å². The Morgan fingerprint density at radius 1 is 1.15 bits per heavy atom. The maximum atomic E-state index is 5.89. The highest BCUT2D eigenvalue weighted by molar-refractivity contribution is 5.56. The molecule has 1 aromatic carbocycles. The van der Waals surface area contributed by atoms with E-state index in [0.29, 0.717) is 17.4 Å². The standard InChI is InChI=1S/C15H19N3O2/c1-4-11-8-6-7-9-12(11)20-15-13(19-3)14(16-5-2)17-10-18-15/h6-10H,4-5H2,1-3H3,(H,16,17,18). The van der Waals surface area contributed by atoms with Gasteiger partial charge in [0.2, 0.25) is 5.75 Å². The summed E-state index contributed by atoms with van der Waals surface area (Å²) in [5, 5.41) is 3.13. The lowest BCUT2D eigenvalue weighted by molar-refractivity contribution is 0.367. The van der Waals surface area contributed by atoms with Crippen LogP contribution in [0.15, 0.2) is 30.6 Å². The maximum absolute atomic E-state index is 5.89. The molecule has 20 heavy (non-hydrogen) atoms. The summed E-state index contributed by atoms with van der Waals surface area (Å²) in [4.78, 5) is 8.32. The van der Waals surface area contributed by atoms with Gasteiger partial charge in [0.25, 0.3) is 5.88 Å². The number of aryl methyl sites for hydroxylation is 1. The molecule has 1 aromatic heterocycles. The number of hydrogen-bond donors (Lipinski definition) is 1. The highest BCUT2D eigenvalue weighted by Gasteiger charge is 2.14. The van der Waals surface area contributed by atoms with Gasteiger partial charge in [-0.25, -0.2) is 4.98 Å². The number of anilines is 1. The molecule has 0 bridgehead atoms. The minimum absolute atomic E-state index is 0.416. The summed E-state index contributed by atoms with van der Waals surface area (Å²) in [6.45, 7) is 4.83. The molecule has 5 nitrogen and oxygen atoms in total. The Balaban J connectivity index is 2.35. The Bertz CT molecular complexity index is 573. The van der Waals surface area contributed by atoms with E-state index in [1.165, 1.54) is 6.33 Å². The first-order chi connectivity index (χ1) is 9.80. The van der Waals surface area contributed by atoms with Gasteiger partial charge >= 0.3 is 0 Å². The van der Waals surface area contributed by atoms with Crippen molar-refractivity contribution in [2.45, 2.75) is 20.3 Å². The summed E-state index contributed by atoms with van der Waals surface area (Å²) < 4.78 is 11.3. The first-order valence-electron chi connectivity index (χ1n) is 6.68. The summed E-state index contributed by atoms with van der Waals surface area (Å²) in [6.07, 6.45) is 2.36. The molecule has 0 aliphatic rings. The molecule has 5 heteroatoms. The Kier molecular flexibility index (Phi) is 4.76. The minimum Gasteiger partial charge on any atom is -0.489 e. The fraction of sp³-hybridized carbons (Fsp3) is 0.333. The fourth-order valence-corrected chi connectivity index (χ4v) is 1.91. The van der Waals surface area contributed by atoms with Crippen LogP contribution in [0.25, 0.3) is 0 Å². The van der Waals surface area contributed by atoms with Crippen LogP contribution in [0.4, 0.5) is 5.82 Å². The predicted octanol–water partition coefficient (Wildman–Crippen LogP) is 3.27. The number of methoxy groups -OCH3 is 1. The summed E-state index contributed by atoms with van der Waals surface area (Å²) >= 11 is 0. The van der Waals surface area contributed by atoms with Gasteiger partial charge in [-0.05, 0) is 25.0 Å². The first-order valence-corrected chi connectivity index (χ1v) is 6.68. The lowest BCUT2D eigenvalue weighted by Crippen LogP contribution is -2.04. The van der Waals surface area contributed by atoms with Crippen LogP contribution in [-0.4, -0.2) is 23.6 Å². The number of hydrogen-bond acceptors (Lipinski definition) is 5. The molecule has 2 rings (SSSR count). The van der Waals surface area contributed by atoms with Crippen LogP contribution in [0.5, 0.6) is 17.4 Å². The van der Waals surface area contributed by atoms with Gasteiger partial charge in [-0.15, -0.1) is 0 Å². The summed E-state index contributed by atoms with van der Waals surface area (Å²) in [5.74, 6) is 2.35. The lowest BCUT2D eigenvalue weighted by Gasteiger charge is -2.14. The third-order valence-electron chi connectivity index (χ3n) is 2.88. The fourth-order valence-electron chi connectivity index (χ4n) is 1.91. The van der Waals surface area contributed by atoms with Crippen LogP contribution in [0, 0.1) is 0 Å². The monoisotopic (exact) mass is 273 g/mol. The van der Waals surface area contributed by atoms with E-state index in [0.717, 1.165) is 24.3 Å². The number of nitrogens with zero attached hydrogens (tertiary/aromatic N) is 2.